The van der Waals surface area contributed by atoms with Gasteiger partial charge in [-0.1, -0.05) is 24.3 Å². The normalized spacial score (nSPS) is 13.8. The lowest BCUT2D eigenvalue weighted by atomic mass is 10.00. The van der Waals surface area contributed by atoms with E-state index in [9.17, 15) is 9.59 Å². The number of benzene rings is 1. The Hall–Kier alpha value is -2.21. The summed E-state index contributed by atoms with van der Waals surface area (Å²) >= 11 is 1.09. The number of amides is 1. The maximum Gasteiger partial charge on any atom is 0.347 e. The van der Waals surface area contributed by atoms with Crippen LogP contribution in [0.25, 0.3) is 0 Å². The summed E-state index contributed by atoms with van der Waals surface area (Å²) in [6, 6.07) is 8.14. The molecule has 0 radical (unpaired) electrons. The minimum atomic E-state index is -0.986. The molecular formula is C16H16N2O3S. The number of carbonyl (C=O) groups excluding carboxylic acids is 1. The van der Waals surface area contributed by atoms with Gasteiger partial charge >= 0.3 is 5.97 Å². The van der Waals surface area contributed by atoms with E-state index < -0.39 is 5.97 Å². The number of carboxylic acids is 1. The molecular weight excluding hydrogens is 300 g/mol. The number of carboxylic acid groups (broad SMARTS) is 1. The quantitative estimate of drug-likeness (QED) is 0.943. The van der Waals surface area contributed by atoms with E-state index >= 15 is 0 Å². The minimum absolute atomic E-state index is 0.000178. The van der Waals surface area contributed by atoms with Crippen LogP contribution in [0.1, 0.15) is 31.5 Å². The summed E-state index contributed by atoms with van der Waals surface area (Å²) in [6.45, 7) is 2.97. The molecule has 5 nitrogen and oxygen atoms in total. The van der Waals surface area contributed by atoms with Gasteiger partial charge in [-0.15, -0.1) is 11.3 Å². The van der Waals surface area contributed by atoms with Crippen LogP contribution in [-0.2, 0) is 24.2 Å². The largest absolute Gasteiger partial charge is 0.477 e. The highest BCUT2D eigenvalue weighted by Crippen LogP contribution is 2.22. The monoisotopic (exact) mass is 316 g/mol. The number of thiazole rings is 1. The Morgan fingerprint density at radius 2 is 2.05 bits per heavy atom. The summed E-state index contributed by atoms with van der Waals surface area (Å²) in [5.41, 5.74) is 2.96. The molecule has 0 fully saturated rings. The van der Waals surface area contributed by atoms with Gasteiger partial charge in [0, 0.05) is 13.1 Å². The maximum atomic E-state index is 12.4. The Labute approximate surface area is 132 Å². The van der Waals surface area contributed by atoms with Crippen LogP contribution in [0.5, 0.6) is 0 Å². The fourth-order valence-electron chi connectivity index (χ4n) is 2.68. The highest BCUT2D eigenvalue weighted by atomic mass is 32.1. The minimum Gasteiger partial charge on any atom is -0.477 e. The van der Waals surface area contributed by atoms with Crippen LogP contribution in [0.15, 0.2) is 24.3 Å². The number of rotatable bonds is 3. The molecule has 0 atom stereocenters. The summed E-state index contributed by atoms with van der Waals surface area (Å²) in [5.74, 6) is -0.985. The first-order valence-electron chi connectivity index (χ1n) is 7.08. The first-order valence-corrected chi connectivity index (χ1v) is 7.90. The summed E-state index contributed by atoms with van der Waals surface area (Å²) < 4.78 is 0. The van der Waals surface area contributed by atoms with E-state index in [2.05, 4.69) is 11.1 Å². The molecule has 1 aliphatic heterocycles. The lowest BCUT2D eigenvalue weighted by Gasteiger charge is -2.28. The first-order chi connectivity index (χ1) is 10.5. The van der Waals surface area contributed by atoms with E-state index in [4.69, 9.17) is 5.11 Å². The molecule has 0 unspecified atom stereocenters. The SMILES string of the molecule is Cc1nc(CC(=O)N2CCc3ccccc3C2)sc1C(=O)O. The van der Waals surface area contributed by atoms with Crippen LogP contribution in [0, 0.1) is 6.92 Å². The summed E-state index contributed by atoms with van der Waals surface area (Å²) in [6.07, 6.45) is 1.03. The second kappa shape index (κ2) is 5.88. The van der Waals surface area contributed by atoms with Gasteiger partial charge in [-0.2, -0.15) is 0 Å². The molecule has 2 aromatic rings. The average molecular weight is 316 g/mol. The smallest absolute Gasteiger partial charge is 0.347 e. The zero-order valence-corrected chi connectivity index (χ0v) is 13.0. The van der Waals surface area contributed by atoms with E-state index in [1.807, 2.05) is 23.1 Å². The molecule has 0 saturated carbocycles. The third kappa shape index (κ3) is 2.87. The molecule has 6 heteroatoms. The molecule has 0 spiro atoms. The van der Waals surface area contributed by atoms with Crippen molar-refractivity contribution in [3.05, 3.63) is 51.0 Å². The molecule has 0 aliphatic carbocycles. The molecule has 1 N–H and O–H groups in total. The lowest BCUT2D eigenvalue weighted by Crippen LogP contribution is -2.36. The van der Waals surface area contributed by atoms with Gasteiger partial charge in [-0.05, 0) is 24.5 Å². The van der Waals surface area contributed by atoms with Crippen molar-refractivity contribution in [3.63, 3.8) is 0 Å². The van der Waals surface area contributed by atoms with Crippen LogP contribution in [0.4, 0.5) is 0 Å². The van der Waals surface area contributed by atoms with E-state index in [0.717, 1.165) is 17.8 Å². The van der Waals surface area contributed by atoms with Gasteiger partial charge in [0.2, 0.25) is 5.91 Å². The Kier molecular flexibility index (Phi) is 3.94. The highest BCUT2D eigenvalue weighted by molar-refractivity contribution is 7.13. The number of fused-ring (bicyclic) bond motifs is 1. The molecule has 1 aliphatic rings. The number of aromatic nitrogens is 1. The topological polar surface area (TPSA) is 70.5 Å². The zero-order valence-electron chi connectivity index (χ0n) is 12.2. The van der Waals surface area contributed by atoms with E-state index in [1.165, 1.54) is 11.1 Å². The third-order valence-corrected chi connectivity index (χ3v) is 4.97. The van der Waals surface area contributed by atoms with E-state index in [-0.39, 0.29) is 17.2 Å². The number of nitrogens with zero attached hydrogens (tertiary/aromatic N) is 2. The van der Waals surface area contributed by atoms with Crippen molar-refractivity contribution in [1.82, 2.24) is 9.88 Å². The fourth-order valence-corrected chi connectivity index (χ4v) is 3.57. The summed E-state index contributed by atoms with van der Waals surface area (Å²) in [7, 11) is 0. The van der Waals surface area contributed by atoms with Gasteiger partial charge in [-0.3, -0.25) is 4.79 Å². The predicted octanol–water partition coefficient (Wildman–Crippen LogP) is 2.28. The first kappa shape index (κ1) is 14.7. The molecule has 1 aromatic carbocycles. The fraction of sp³-hybridized carbons (Fsp3) is 0.312. The molecule has 114 valence electrons. The summed E-state index contributed by atoms with van der Waals surface area (Å²) in [4.78, 5) is 29.7. The molecule has 3 rings (SSSR count). The van der Waals surface area contributed by atoms with E-state index in [0.29, 0.717) is 23.8 Å². The number of hydrogen-bond acceptors (Lipinski definition) is 4. The Morgan fingerprint density at radius 1 is 1.32 bits per heavy atom. The predicted molar refractivity (Wildman–Crippen MR) is 83.1 cm³/mol. The van der Waals surface area contributed by atoms with Gasteiger partial charge in [-0.25, -0.2) is 9.78 Å². The number of carbonyl (C=O) groups is 2. The van der Waals surface area contributed by atoms with Gasteiger partial charge in [0.15, 0.2) is 0 Å². The second-order valence-corrected chi connectivity index (χ2v) is 6.42. The summed E-state index contributed by atoms with van der Waals surface area (Å²) in [5, 5.41) is 9.61. The molecule has 1 amide bonds. The molecule has 0 saturated heterocycles. The van der Waals surface area contributed by atoms with Crippen LogP contribution in [-0.4, -0.2) is 33.4 Å². The van der Waals surface area contributed by atoms with Crippen LogP contribution in [0.3, 0.4) is 0 Å². The average Bonchev–Trinajstić information content (AvgIpc) is 2.87. The van der Waals surface area contributed by atoms with Crippen LogP contribution in [0.2, 0.25) is 0 Å². The van der Waals surface area contributed by atoms with Gasteiger partial charge < -0.3 is 10.0 Å². The van der Waals surface area contributed by atoms with Crippen molar-refractivity contribution in [2.24, 2.45) is 0 Å². The molecule has 22 heavy (non-hydrogen) atoms. The second-order valence-electron chi connectivity index (χ2n) is 5.34. The van der Waals surface area contributed by atoms with Crippen LogP contribution < -0.4 is 0 Å². The number of aromatic carboxylic acids is 1. The number of hydrogen-bond donors (Lipinski definition) is 1. The molecule has 1 aromatic heterocycles. The van der Waals surface area contributed by atoms with Crippen molar-refractivity contribution in [2.75, 3.05) is 6.54 Å². The van der Waals surface area contributed by atoms with Crippen molar-refractivity contribution in [1.29, 1.82) is 0 Å². The van der Waals surface area contributed by atoms with Gasteiger partial charge in [0.05, 0.1) is 12.1 Å². The van der Waals surface area contributed by atoms with E-state index in [1.54, 1.807) is 6.92 Å². The van der Waals surface area contributed by atoms with Crippen molar-refractivity contribution >= 4 is 23.2 Å². The Morgan fingerprint density at radius 3 is 2.73 bits per heavy atom. The Bertz CT molecular complexity index is 739. The number of aryl methyl sites for hydroxylation is 1. The maximum absolute atomic E-state index is 12.4. The van der Waals surface area contributed by atoms with Crippen molar-refractivity contribution in [2.45, 2.75) is 26.3 Å². The van der Waals surface area contributed by atoms with Gasteiger partial charge in [0.1, 0.15) is 9.88 Å². The Balaban J connectivity index is 1.71. The zero-order chi connectivity index (χ0) is 15.7. The van der Waals surface area contributed by atoms with Gasteiger partial charge in [0.25, 0.3) is 0 Å². The van der Waals surface area contributed by atoms with Crippen molar-refractivity contribution in [3.8, 4) is 0 Å². The van der Waals surface area contributed by atoms with Crippen molar-refractivity contribution < 1.29 is 14.7 Å². The lowest BCUT2D eigenvalue weighted by molar-refractivity contribution is -0.131. The van der Waals surface area contributed by atoms with Crippen LogP contribution >= 0.6 is 11.3 Å². The molecule has 0 bridgehead atoms. The standard InChI is InChI=1S/C16H16N2O3S/c1-10-15(16(20)21)22-13(17-10)8-14(19)18-7-6-11-4-2-3-5-12(11)9-18/h2-5H,6-9H2,1H3,(H,20,21). The highest BCUT2D eigenvalue weighted by Gasteiger charge is 2.22. The molecule has 2 heterocycles. The third-order valence-electron chi connectivity index (χ3n) is 3.82.